The number of ether oxygens (including phenoxy) is 2. The normalized spacial score (nSPS) is 10.5. The SMILES string of the molecule is COCc1ccc(C(=O)c2ccc(Cl)cc2OC)o1. The molecule has 0 bridgehead atoms. The molecule has 0 saturated heterocycles. The average Bonchev–Trinajstić information content (AvgIpc) is 2.87. The van der Waals surface area contributed by atoms with Crippen LogP contribution in [0, 0.1) is 0 Å². The highest BCUT2D eigenvalue weighted by Gasteiger charge is 2.18. The molecular weight excluding hydrogens is 268 g/mol. The van der Waals surface area contributed by atoms with Crippen LogP contribution < -0.4 is 4.74 Å². The number of methoxy groups -OCH3 is 2. The van der Waals surface area contributed by atoms with E-state index in [9.17, 15) is 4.79 Å². The van der Waals surface area contributed by atoms with Crippen molar-refractivity contribution >= 4 is 17.4 Å². The van der Waals surface area contributed by atoms with Crippen molar-refractivity contribution < 1.29 is 18.7 Å². The second-order valence-electron chi connectivity index (χ2n) is 3.87. The molecule has 0 atom stereocenters. The summed E-state index contributed by atoms with van der Waals surface area (Å²) in [6.07, 6.45) is 0. The van der Waals surface area contributed by atoms with Gasteiger partial charge in [-0.15, -0.1) is 0 Å². The van der Waals surface area contributed by atoms with Crippen LogP contribution >= 0.6 is 11.6 Å². The van der Waals surface area contributed by atoms with E-state index >= 15 is 0 Å². The van der Waals surface area contributed by atoms with Crippen LogP contribution in [0.1, 0.15) is 21.9 Å². The third-order valence-corrected chi connectivity index (χ3v) is 2.82. The first-order valence-electron chi connectivity index (χ1n) is 5.61. The highest BCUT2D eigenvalue weighted by molar-refractivity contribution is 6.31. The Bertz CT molecular complexity index is 589. The molecule has 0 fully saturated rings. The van der Waals surface area contributed by atoms with Crippen LogP contribution in [0.3, 0.4) is 0 Å². The first kappa shape index (κ1) is 13.6. The van der Waals surface area contributed by atoms with Gasteiger partial charge in [0.1, 0.15) is 18.1 Å². The van der Waals surface area contributed by atoms with Gasteiger partial charge >= 0.3 is 0 Å². The van der Waals surface area contributed by atoms with E-state index in [4.69, 9.17) is 25.5 Å². The average molecular weight is 281 g/mol. The Labute approximate surface area is 115 Å². The summed E-state index contributed by atoms with van der Waals surface area (Å²) in [6.45, 7) is 0.324. The third-order valence-electron chi connectivity index (χ3n) is 2.58. The van der Waals surface area contributed by atoms with Gasteiger partial charge in [0.2, 0.25) is 5.78 Å². The van der Waals surface area contributed by atoms with Crippen LogP contribution in [0.4, 0.5) is 0 Å². The van der Waals surface area contributed by atoms with Crippen molar-refractivity contribution in [1.82, 2.24) is 0 Å². The summed E-state index contributed by atoms with van der Waals surface area (Å²) in [6, 6.07) is 8.16. The van der Waals surface area contributed by atoms with Crippen molar-refractivity contribution in [2.24, 2.45) is 0 Å². The summed E-state index contributed by atoms with van der Waals surface area (Å²) >= 11 is 5.86. The van der Waals surface area contributed by atoms with Crippen LogP contribution in [0.25, 0.3) is 0 Å². The molecule has 0 unspecified atom stereocenters. The molecule has 0 radical (unpaired) electrons. The lowest BCUT2D eigenvalue weighted by atomic mass is 10.1. The van der Waals surface area contributed by atoms with E-state index in [-0.39, 0.29) is 11.5 Å². The zero-order valence-corrected chi connectivity index (χ0v) is 11.4. The van der Waals surface area contributed by atoms with E-state index in [2.05, 4.69) is 0 Å². The minimum atomic E-state index is -0.254. The number of hydrogen-bond acceptors (Lipinski definition) is 4. The van der Waals surface area contributed by atoms with Gasteiger partial charge < -0.3 is 13.9 Å². The highest BCUT2D eigenvalue weighted by atomic mass is 35.5. The van der Waals surface area contributed by atoms with Crippen molar-refractivity contribution in [3.8, 4) is 5.75 Å². The lowest BCUT2D eigenvalue weighted by Gasteiger charge is -2.06. The Balaban J connectivity index is 2.32. The molecule has 0 aliphatic carbocycles. The zero-order valence-electron chi connectivity index (χ0n) is 10.6. The second-order valence-corrected chi connectivity index (χ2v) is 4.31. The molecule has 2 aromatic rings. The molecule has 0 aliphatic rings. The summed E-state index contributed by atoms with van der Waals surface area (Å²) in [4.78, 5) is 12.3. The Kier molecular flexibility index (Phi) is 4.24. The largest absolute Gasteiger partial charge is 0.496 e. The van der Waals surface area contributed by atoms with Crippen molar-refractivity contribution in [3.05, 3.63) is 52.4 Å². The van der Waals surface area contributed by atoms with Gasteiger partial charge in [-0.05, 0) is 30.3 Å². The van der Waals surface area contributed by atoms with Gasteiger partial charge in [-0.25, -0.2) is 0 Å². The standard InChI is InChI=1S/C14H13ClO4/c1-17-8-10-4-6-12(19-10)14(16)11-5-3-9(15)7-13(11)18-2/h3-7H,8H2,1-2H3. The van der Waals surface area contributed by atoms with Crippen LogP contribution in [0.5, 0.6) is 5.75 Å². The molecule has 19 heavy (non-hydrogen) atoms. The fraction of sp³-hybridized carbons (Fsp3) is 0.214. The quantitative estimate of drug-likeness (QED) is 0.788. The number of carbonyl (C=O) groups excluding carboxylic acids is 1. The van der Waals surface area contributed by atoms with E-state index < -0.39 is 0 Å². The predicted octanol–water partition coefficient (Wildman–Crippen LogP) is 3.32. The number of carbonyl (C=O) groups is 1. The molecule has 0 spiro atoms. The Hall–Kier alpha value is -1.78. The number of halogens is 1. The minimum Gasteiger partial charge on any atom is -0.496 e. The third kappa shape index (κ3) is 2.97. The number of benzene rings is 1. The summed E-state index contributed by atoms with van der Waals surface area (Å²) in [5, 5.41) is 0.507. The van der Waals surface area contributed by atoms with E-state index in [0.29, 0.717) is 28.7 Å². The first-order chi connectivity index (χ1) is 9.15. The summed E-state index contributed by atoms with van der Waals surface area (Å²) in [5.74, 6) is 1.00. The number of hydrogen-bond donors (Lipinski definition) is 0. The Morgan fingerprint density at radius 1 is 1.26 bits per heavy atom. The first-order valence-corrected chi connectivity index (χ1v) is 5.99. The lowest BCUT2D eigenvalue weighted by Crippen LogP contribution is -2.02. The van der Waals surface area contributed by atoms with Crippen LogP contribution in [-0.2, 0) is 11.3 Å². The van der Waals surface area contributed by atoms with E-state index in [1.165, 1.54) is 7.11 Å². The fourth-order valence-corrected chi connectivity index (χ4v) is 1.87. The van der Waals surface area contributed by atoms with Crippen molar-refractivity contribution in [2.45, 2.75) is 6.61 Å². The minimum absolute atomic E-state index is 0.243. The number of ketones is 1. The Morgan fingerprint density at radius 2 is 2.05 bits per heavy atom. The monoisotopic (exact) mass is 280 g/mol. The maximum atomic E-state index is 12.3. The van der Waals surface area contributed by atoms with E-state index in [0.717, 1.165) is 0 Å². The highest BCUT2D eigenvalue weighted by Crippen LogP contribution is 2.26. The molecule has 0 aliphatic heterocycles. The molecule has 5 heteroatoms. The summed E-state index contributed by atoms with van der Waals surface area (Å²) < 4.78 is 15.5. The van der Waals surface area contributed by atoms with Gasteiger partial charge in [-0.1, -0.05) is 11.6 Å². The van der Waals surface area contributed by atoms with Gasteiger partial charge in [-0.3, -0.25) is 4.79 Å². The molecule has 4 nitrogen and oxygen atoms in total. The molecule has 1 aromatic carbocycles. The smallest absolute Gasteiger partial charge is 0.231 e. The number of rotatable bonds is 5. The van der Waals surface area contributed by atoms with Gasteiger partial charge in [0.25, 0.3) is 0 Å². The predicted molar refractivity (Wildman–Crippen MR) is 70.9 cm³/mol. The van der Waals surface area contributed by atoms with Gasteiger partial charge in [0.15, 0.2) is 5.76 Å². The number of furan rings is 1. The maximum absolute atomic E-state index is 12.3. The van der Waals surface area contributed by atoms with E-state index in [1.807, 2.05) is 0 Å². The van der Waals surface area contributed by atoms with Crippen molar-refractivity contribution in [2.75, 3.05) is 14.2 Å². The van der Waals surface area contributed by atoms with Gasteiger partial charge in [0.05, 0.1) is 12.7 Å². The van der Waals surface area contributed by atoms with E-state index in [1.54, 1.807) is 37.4 Å². The van der Waals surface area contributed by atoms with Crippen LogP contribution in [0.15, 0.2) is 34.7 Å². The van der Waals surface area contributed by atoms with Crippen molar-refractivity contribution in [3.63, 3.8) is 0 Å². The van der Waals surface area contributed by atoms with Crippen LogP contribution in [-0.4, -0.2) is 20.0 Å². The fourth-order valence-electron chi connectivity index (χ4n) is 1.71. The van der Waals surface area contributed by atoms with Crippen molar-refractivity contribution in [1.29, 1.82) is 0 Å². The zero-order chi connectivity index (χ0) is 13.8. The topological polar surface area (TPSA) is 48.7 Å². The molecule has 1 heterocycles. The molecule has 0 amide bonds. The second kappa shape index (κ2) is 5.91. The lowest BCUT2D eigenvalue weighted by molar-refractivity contribution is 0.0997. The summed E-state index contributed by atoms with van der Waals surface area (Å²) in [7, 11) is 3.05. The van der Waals surface area contributed by atoms with Gasteiger partial charge in [-0.2, -0.15) is 0 Å². The van der Waals surface area contributed by atoms with Crippen LogP contribution in [0.2, 0.25) is 5.02 Å². The maximum Gasteiger partial charge on any atom is 0.231 e. The summed E-state index contributed by atoms with van der Waals surface area (Å²) in [5.41, 5.74) is 0.408. The molecule has 2 rings (SSSR count). The molecular formula is C14H13ClO4. The molecule has 0 N–H and O–H groups in total. The van der Waals surface area contributed by atoms with Gasteiger partial charge in [0, 0.05) is 12.1 Å². The molecule has 1 aromatic heterocycles. The molecule has 100 valence electrons. The molecule has 0 saturated carbocycles. The Morgan fingerprint density at radius 3 is 2.74 bits per heavy atom.